The number of nitrogens with zero attached hydrogens (tertiary/aromatic N) is 9. The molecular formula is C21H19N9NaO2. The van der Waals surface area contributed by atoms with Gasteiger partial charge in [-0.05, 0) is 49.6 Å². The third kappa shape index (κ3) is 4.62. The van der Waals surface area contributed by atoms with E-state index >= 15 is 0 Å². The zero-order chi connectivity index (χ0) is 24.6. The number of nitriles is 5. The van der Waals surface area contributed by atoms with Crippen molar-refractivity contribution in [3.8, 4) is 30.3 Å². The molecule has 0 spiro atoms. The van der Waals surface area contributed by atoms with Crippen molar-refractivity contribution in [1.82, 2.24) is 4.90 Å². The summed E-state index contributed by atoms with van der Waals surface area (Å²) in [5.41, 5.74) is -5.10. The van der Waals surface area contributed by atoms with Crippen LogP contribution >= 0.6 is 0 Å². The van der Waals surface area contributed by atoms with Crippen molar-refractivity contribution in [2.75, 3.05) is 33.1 Å². The molecule has 2 unspecified atom stereocenters. The van der Waals surface area contributed by atoms with Crippen LogP contribution in [0.25, 0.3) is 0 Å². The minimum absolute atomic E-state index is 0. The van der Waals surface area contributed by atoms with Gasteiger partial charge in [0.2, 0.25) is 10.8 Å². The number of benzene rings is 1. The minimum Gasteiger partial charge on any atom is -0.378 e. The molecule has 1 aromatic carbocycles. The SMILES string of the molecule is CN(C)C1(C#N)C=CC(N=O)C(C#N)(C#N)C1(C#N)C#N.CN(C)c1ccc(N=O)cc1.[Na]. The molecule has 0 heterocycles. The van der Waals surface area contributed by atoms with E-state index in [-0.39, 0.29) is 29.6 Å². The Kier molecular flexibility index (Phi) is 10.5. The largest absolute Gasteiger partial charge is 0.378 e. The molecule has 1 radical (unpaired) electrons. The molecule has 11 nitrogen and oxygen atoms in total. The van der Waals surface area contributed by atoms with Crippen LogP contribution in [-0.4, -0.2) is 74.2 Å². The molecule has 12 heteroatoms. The first-order chi connectivity index (χ1) is 15.1. The number of rotatable bonds is 4. The second kappa shape index (κ2) is 11.8. The van der Waals surface area contributed by atoms with Gasteiger partial charge in [0, 0.05) is 49.3 Å². The summed E-state index contributed by atoms with van der Waals surface area (Å²) in [6.45, 7) is 0. The van der Waals surface area contributed by atoms with Crippen LogP contribution < -0.4 is 4.90 Å². The Balaban J connectivity index is 0.000000720. The number of anilines is 1. The molecule has 0 N–H and O–H groups in total. The Labute approximate surface area is 214 Å². The molecule has 0 amide bonds. The number of nitroso groups, excluding NO2 is 2. The van der Waals surface area contributed by atoms with Crippen molar-refractivity contribution in [2.24, 2.45) is 21.2 Å². The number of hydrogen-bond donors (Lipinski definition) is 0. The predicted molar refractivity (Wildman–Crippen MR) is 120 cm³/mol. The van der Waals surface area contributed by atoms with Crippen molar-refractivity contribution in [1.29, 1.82) is 26.3 Å². The number of hydrogen-bond acceptors (Lipinski definition) is 11. The van der Waals surface area contributed by atoms with Gasteiger partial charge in [-0.3, -0.25) is 4.90 Å². The van der Waals surface area contributed by atoms with E-state index in [1.807, 2.05) is 37.2 Å². The topological polar surface area (TPSA) is 184 Å². The summed E-state index contributed by atoms with van der Waals surface area (Å²) in [5.74, 6) is 0. The summed E-state index contributed by atoms with van der Waals surface area (Å²) in [6.07, 6.45) is 2.30. The smallest absolute Gasteiger partial charge is 0.212 e. The van der Waals surface area contributed by atoms with Crippen molar-refractivity contribution in [3.63, 3.8) is 0 Å². The van der Waals surface area contributed by atoms with Gasteiger partial charge in [0.15, 0.2) is 5.54 Å². The molecule has 0 saturated heterocycles. The van der Waals surface area contributed by atoms with Gasteiger partial charge in [0.1, 0.15) is 11.7 Å². The van der Waals surface area contributed by atoms with Gasteiger partial charge in [0.25, 0.3) is 0 Å². The van der Waals surface area contributed by atoms with Crippen LogP contribution in [0.2, 0.25) is 0 Å². The van der Waals surface area contributed by atoms with Crippen molar-refractivity contribution >= 4 is 40.9 Å². The Morgan fingerprint density at radius 2 is 1.36 bits per heavy atom. The molecule has 1 aliphatic carbocycles. The average molecular weight is 452 g/mol. The summed E-state index contributed by atoms with van der Waals surface area (Å²) >= 11 is 0. The Bertz CT molecular complexity index is 1080. The monoisotopic (exact) mass is 452 g/mol. The predicted octanol–water partition coefficient (Wildman–Crippen LogP) is 2.35. The van der Waals surface area contributed by atoms with Gasteiger partial charge in [-0.25, -0.2) is 0 Å². The normalized spacial score (nSPS) is 21.0. The van der Waals surface area contributed by atoms with Crippen LogP contribution in [0, 0.1) is 77.3 Å². The second-order valence-electron chi connectivity index (χ2n) is 7.19. The second-order valence-corrected chi connectivity index (χ2v) is 7.19. The molecule has 1 aliphatic rings. The van der Waals surface area contributed by atoms with Gasteiger partial charge in [-0.15, -0.1) is 4.91 Å². The van der Waals surface area contributed by atoms with E-state index in [4.69, 9.17) is 0 Å². The summed E-state index contributed by atoms with van der Waals surface area (Å²) in [6, 6.07) is 13.8. The standard InChI is InChI=1S/C13H9N7O.C8H10N2O.Na/c1-20(2)13(9-18)4-3-10(19-21)11(5-14,6-15)12(13,7-16)8-17;1-10(2)8-5-3-7(9-11)4-6-8;/h3-4,10H,1-2H3;3-6H,1-2H3;. The molecule has 0 saturated carbocycles. The molecule has 161 valence electrons. The first kappa shape index (κ1) is 29.4. The van der Waals surface area contributed by atoms with Gasteiger partial charge < -0.3 is 4.90 Å². The first-order valence-electron chi connectivity index (χ1n) is 9.02. The number of likely N-dealkylation sites (N-methyl/N-ethyl adjacent to an activating group) is 1. The van der Waals surface area contributed by atoms with E-state index in [0.29, 0.717) is 5.69 Å². The maximum absolute atomic E-state index is 11.0. The fourth-order valence-electron chi connectivity index (χ4n) is 3.35. The van der Waals surface area contributed by atoms with E-state index in [1.54, 1.807) is 36.4 Å². The molecule has 0 aromatic heterocycles. The molecule has 1 aromatic rings. The van der Waals surface area contributed by atoms with E-state index in [1.165, 1.54) is 25.1 Å². The maximum Gasteiger partial charge on any atom is 0.212 e. The molecule has 2 atom stereocenters. The third-order valence-electron chi connectivity index (χ3n) is 5.28. The Morgan fingerprint density at radius 3 is 1.67 bits per heavy atom. The van der Waals surface area contributed by atoms with Crippen LogP contribution in [0.4, 0.5) is 11.4 Å². The van der Waals surface area contributed by atoms with E-state index in [0.717, 1.165) is 11.8 Å². The van der Waals surface area contributed by atoms with Crippen molar-refractivity contribution in [3.05, 3.63) is 46.2 Å². The molecule has 0 aliphatic heterocycles. The van der Waals surface area contributed by atoms with E-state index < -0.39 is 22.4 Å². The fraction of sp³-hybridized carbons (Fsp3) is 0.381. The maximum atomic E-state index is 11.0. The molecule has 2 rings (SSSR count). The summed E-state index contributed by atoms with van der Waals surface area (Å²) < 4.78 is 0. The average Bonchev–Trinajstić information content (AvgIpc) is 2.82. The fourth-order valence-corrected chi connectivity index (χ4v) is 3.35. The van der Waals surface area contributed by atoms with Gasteiger partial charge in [-0.2, -0.15) is 31.2 Å². The Morgan fingerprint density at radius 1 is 0.848 bits per heavy atom. The van der Waals surface area contributed by atoms with Crippen LogP contribution in [0.5, 0.6) is 0 Å². The third-order valence-corrected chi connectivity index (χ3v) is 5.28. The van der Waals surface area contributed by atoms with Crippen molar-refractivity contribution < 1.29 is 0 Å². The van der Waals surface area contributed by atoms with Gasteiger partial charge in [-0.1, -0.05) is 11.3 Å². The van der Waals surface area contributed by atoms with E-state index in [9.17, 15) is 36.1 Å². The molecule has 0 bridgehead atoms. The zero-order valence-corrected chi connectivity index (χ0v) is 20.9. The molecule has 0 fully saturated rings. The zero-order valence-electron chi connectivity index (χ0n) is 18.9. The van der Waals surface area contributed by atoms with Crippen LogP contribution in [-0.2, 0) is 0 Å². The minimum atomic E-state index is -2.39. The van der Waals surface area contributed by atoms with E-state index in [2.05, 4.69) is 10.4 Å². The molecular weight excluding hydrogens is 433 g/mol. The summed E-state index contributed by atoms with van der Waals surface area (Å²) in [7, 11) is 6.77. The summed E-state index contributed by atoms with van der Waals surface area (Å²) in [4.78, 5) is 24.2. The van der Waals surface area contributed by atoms with Crippen LogP contribution in [0.1, 0.15) is 0 Å². The quantitative estimate of drug-likeness (QED) is 0.375. The van der Waals surface area contributed by atoms with Crippen LogP contribution in [0.15, 0.2) is 46.8 Å². The van der Waals surface area contributed by atoms with Gasteiger partial charge >= 0.3 is 0 Å². The first-order valence-corrected chi connectivity index (χ1v) is 9.02. The van der Waals surface area contributed by atoms with Gasteiger partial charge in [0.05, 0.1) is 30.3 Å². The van der Waals surface area contributed by atoms with Crippen molar-refractivity contribution in [2.45, 2.75) is 11.6 Å². The summed E-state index contributed by atoms with van der Waals surface area (Å²) in [5, 5.41) is 52.9. The Hall–Kier alpha value is -3.63. The molecule has 33 heavy (non-hydrogen) atoms. The van der Waals surface area contributed by atoms with Crippen LogP contribution in [0.3, 0.4) is 0 Å².